The first-order valence-electron chi connectivity index (χ1n) is 11.0. The van der Waals surface area contributed by atoms with Crippen molar-refractivity contribution in [2.75, 3.05) is 12.3 Å². The number of aromatic nitrogens is 4. The Kier molecular flexibility index (Phi) is 6.93. The van der Waals surface area contributed by atoms with E-state index in [1.807, 2.05) is 27.5 Å². The number of carbonyl (C=O) groups excluding carboxylic acids is 1. The summed E-state index contributed by atoms with van der Waals surface area (Å²) in [5.74, 6) is 0.725. The molecule has 1 amide bonds. The molecule has 2 aromatic carbocycles. The fourth-order valence-electron chi connectivity index (χ4n) is 3.81. The normalized spacial score (nSPS) is 11.2. The number of aryl methyl sites for hydroxylation is 1. The van der Waals surface area contributed by atoms with Crippen LogP contribution in [-0.4, -0.2) is 42.3 Å². The van der Waals surface area contributed by atoms with Crippen LogP contribution in [0.15, 0.2) is 71.1 Å². The third-order valence-corrected chi connectivity index (χ3v) is 6.37. The lowest BCUT2D eigenvalue weighted by Crippen LogP contribution is -2.32. The highest BCUT2D eigenvalue weighted by atomic mass is 32.2. The van der Waals surface area contributed by atoms with Crippen LogP contribution >= 0.6 is 11.8 Å². The molecule has 4 aromatic rings. The Bertz CT molecular complexity index is 1360. The molecule has 0 aliphatic rings. The quantitative estimate of drug-likeness (QED) is 0.278. The fraction of sp³-hybridized carbons (Fsp3) is 0.280. The van der Waals surface area contributed by atoms with Gasteiger partial charge in [0.2, 0.25) is 11.7 Å². The van der Waals surface area contributed by atoms with Crippen LogP contribution in [0.1, 0.15) is 24.5 Å². The van der Waals surface area contributed by atoms with Crippen molar-refractivity contribution in [1.82, 2.24) is 24.1 Å². The van der Waals surface area contributed by atoms with Crippen LogP contribution in [0.4, 0.5) is 0 Å². The van der Waals surface area contributed by atoms with Crippen LogP contribution in [0.2, 0.25) is 0 Å². The van der Waals surface area contributed by atoms with Gasteiger partial charge in [-0.1, -0.05) is 66.7 Å². The second-order valence-corrected chi connectivity index (χ2v) is 8.87. The molecule has 0 atom stereocenters. The molecule has 8 heteroatoms. The van der Waals surface area contributed by atoms with E-state index in [2.05, 4.69) is 54.9 Å². The van der Waals surface area contributed by atoms with Crippen molar-refractivity contribution in [1.29, 1.82) is 0 Å². The molecule has 0 saturated carbocycles. The van der Waals surface area contributed by atoms with Gasteiger partial charge in [-0.15, -0.1) is 16.8 Å². The topological polar surface area (TPSA) is 72.5 Å². The van der Waals surface area contributed by atoms with Crippen molar-refractivity contribution in [2.24, 2.45) is 0 Å². The van der Waals surface area contributed by atoms with E-state index in [1.54, 1.807) is 16.7 Å². The van der Waals surface area contributed by atoms with Gasteiger partial charge < -0.3 is 4.90 Å². The molecule has 0 unspecified atom stereocenters. The van der Waals surface area contributed by atoms with Crippen LogP contribution in [0, 0.1) is 6.92 Å². The molecule has 0 aliphatic carbocycles. The summed E-state index contributed by atoms with van der Waals surface area (Å²) in [5.41, 5.74) is 2.90. The fourth-order valence-corrected chi connectivity index (χ4v) is 4.66. The smallest absolute Gasteiger partial charge is 0.263 e. The molecule has 0 saturated heterocycles. The Labute approximate surface area is 196 Å². The summed E-state index contributed by atoms with van der Waals surface area (Å²) in [6.07, 6.45) is 2.55. The van der Waals surface area contributed by atoms with Gasteiger partial charge in [-0.25, -0.2) is 0 Å². The molecule has 0 aliphatic heterocycles. The first kappa shape index (κ1) is 22.8. The third kappa shape index (κ3) is 4.71. The van der Waals surface area contributed by atoms with Crippen molar-refractivity contribution in [3.63, 3.8) is 0 Å². The number of amides is 1. The molecule has 2 aromatic heterocycles. The number of hydrogen-bond acceptors (Lipinski definition) is 5. The maximum absolute atomic E-state index is 13.1. The zero-order valence-corrected chi connectivity index (χ0v) is 19.7. The molecular weight excluding hydrogens is 434 g/mol. The van der Waals surface area contributed by atoms with Crippen molar-refractivity contribution >= 4 is 34.3 Å². The SMILES string of the molecule is C=CCn1c(=O)c2ccccc2n2c(SCC(=O)N(CCC)Cc3ccc(C)cc3)nnc12. The minimum atomic E-state index is -0.134. The lowest BCUT2D eigenvalue weighted by Gasteiger charge is -2.22. The first-order chi connectivity index (χ1) is 16.0. The summed E-state index contributed by atoms with van der Waals surface area (Å²) in [5, 5.41) is 9.74. The Hall–Kier alpha value is -3.39. The zero-order valence-electron chi connectivity index (χ0n) is 18.9. The number of carbonyl (C=O) groups is 1. The van der Waals surface area contributed by atoms with Crippen LogP contribution in [-0.2, 0) is 17.9 Å². The molecule has 0 spiro atoms. The Morgan fingerprint density at radius 1 is 1.15 bits per heavy atom. The van der Waals surface area contributed by atoms with E-state index in [-0.39, 0.29) is 17.2 Å². The van der Waals surface area contributed by atoms with E-state index in [0.29, 0.717) is 36.0 Å². The van der Waals surface area contributed by atoms with E-state index in [9.17, 15) is 9.59 Å². The predicted octanol–water partition coefficient (Wildman–Crippen LogP) is 4.07. The maximum atomic E-state index is 13.1. The monoisotopic (exact) mass is 461 g/mol. The molecule has 0 bridgehead atoms. The highest BCUT2D eigenvalue weighted by Gasteiger charge is 2.19. The van der Waals surface area contributed by atoms with Gasteiger partial charge in [0.15, 0.2) is 5.16 Å². The molecule has 170 valence electrons. The van der Waals surface area contributed by atoms with Gasteiger partial charge in [0.1, 0.15) is 0 Å². The standard InChI is InChI=1S/C25H27N5O2S/c1-4-14-28(16-19-12-10-18(3)11-13-19)22(31)17-33-25-27-26-24-29(15-5-2)23(32)20-8-6-7-9-21(20)30(24)25/h5-13H,2,4,14-17H2,1,3H3. The number of hydrogen-bond donors (Lipinski definition) is 0. The zero-order chi connectivity index (χ0) is 23.4. The van der Waals surface area contributed by atoms with E-state index in [1.165, 1.54) is 17.3 Å². The van der Waals surface area contributed by atoms with Gasteiger partial charge in [-0.3, -0.25) is 18.6 Å². The average Bonchev–Trinajstić information content (AvgIpc) is 3.25. The number of allylic oxidation sites excluding steroid dienone is 1. The largest absolute Gasteiger partial charge is 0.338 e. The Morgan fingerprint density at radius 3 is 2.64 bits per heavy atom. The molecule has 33 heavy (non-hydrogen) atoms. The number of nitrogens with zero attached hydrogens (tertiary/aromatic N) is 5. The first-order valence-corrected chi connectivity index (χ1v) is 12.0. The van der Waals surface area contributed by atoms with E-state index >= 15 is 0 Å². The summed E-state index contributed by atoms with van der Waals surface area (Å²) in [7, 11) is 0. The molecular formula is C25H27N5O2S. The summed E-state index contributed by atoms with van der Waals surface area (Å²) < 4.78 is 3.40. The number of rotatable bonds is 9. The number of benzene rings is 2. The minimum absolute atomic E-state index is 0.0443. The molecule has 2 heterocycles. The van der Waals surface area contributed by atoms with E-state index in [4.69, 9.17) is 0 Å². The van der Waals surface area contributed by atoms with Crippen molar-refractivity contribution in [3.8, 4) is 0 Å². The number of fused-ring (bicyclic) bond motifs is 3. The highest BCUT2D eigenvalue weighted by molar-refractivity contribution is 7.99. The predicted molar refractivity (Wildman–Crippen MR) is 133 cm³/mol. The van der Waals surface area contributed by atoms with Gasteiger partial charge in [-0.2, -0.15) is 0 Å². The van der Waals surface area contributed by atoms with Gasteiger partial charge >= 0.3 is 0 Å². The van der Waals surface area contributed by atoms with Gasteiger partial charge in [0.05, 0.1) is 16.7 Å². The second kappa shape index (κ2) is 10.0. The van der Waals surface area contributed by atoms with Crippen LogP contribution in [0.3, 0.4) is 0 Å². The lowest BCUT2D eigenvalue weighted by atomic mass is 10.1. The van der Waals surface area contributed by atoms with E-state index in [0.717, 1.165) is 17.5 Å². The van der Waals surface area contributed by atoms with Crippen molar-refractivity contribution < 1.29 is 4.79 Å². The van der Waals surface area contributed by atoms with Gasteiger partial charge in [0.25, 0.3) is 5.56 Å². The molecule has 0 fully saturated rings. The van der Waals surface area contributed by atoms with Crippen LogP contribution < -0.4 is 5.56 Å². The summed E-state index contributed by atoms with van der Waals surface area (Å²) in [6, 6.07) is 15.6. The van der Waals surface area contributed by atoms with Crippen LogP contribution in [0.25, 0.3) is 16.7 Å². The average molecular weight is 462 g/mol. The summed E-state index contributed by atoms with van der Waals surface area (Å²) in [4.78, 5) is 27.9. The second-order valence-electron chi connectivity index (χ2n) is 7.93. The molecule has 0 N–H and O–H groups in total. The van der Waals surface area contributed by atoms with Crippen molar-refractivity contribution in [2.45, 2.75) is 38.5 Å². The van der Waals surface area contributed by atoms with Crippen LogP contribution in [0.5, 0.6) is 0 Å². The number of para-hydroxylation sites is 1. The molecule has 4 rings (SSSR count). The maximum Gasteiger partial charge on any atom is 0.263 e. The Balaban J connectivity index is 1.62. The minimum Gasteiger partial charge on any atom is -0.338 e. The third-order valence-electron chi connectivity index (χ3n) is 5.45. The van der Waals surface area contributed by atoms with Gasteiger partial charge in [-0.05, 0) is 31.0 Å². The number of thioether (sulfide) groups is 1. The van der Waals surface area contributed by atoms with E-state index < -0.39 is 0 Å². The summed E-state index contributed by atoms with van der Waals surface area (Å²) in [6.45, 7) is 9.47. The summed E-state index contributed by atoms with van der Waals surface area (Å²) >= 11 is 1.34. The molecule has 7 nitrogen and oxygen atoms in total. The van der Waals surface area contributed by atoms with Gasteiger partial charge in [0, 0.05) is 19.6 Å². The molecule has 0 radical (unpaired) electrons. The highest BCUT2D eigenvalue weighted by Crippen LogP contribution is 2.22. The Morgan fingerprint density at radius 2 is 1.91 bits per heavy atom. The van der Waals surface area contributed by atoms with Crippen molar-refractivity contribution in [3.05, 3.63) is 82.7 Å². The lowest BCUT2D eigenvalue weighted by molar-refractivity contribution is -0.129.